The summed E-state index contributed by atoms with van der Waals surface area (Å²) in [5, 5.41) is 9.71. The van der Waals surface area contributed by atoms with Crippen LogP contribution in [-0.2, 0) is 16.0 Å². The number of amides is 1. The molecule has 2 aromatic carbocycles. The number of carbonyl (C=O) groups excluding carboxylic acids is 2. The van der Waals surface area contributed by atoms with Gasteiger partial charge in [-0.05, 0) is 38.0 Å². The van der Waals surface area contributed by atoms with Crippen LogP contribution in [0.3, 0.4) is 0 Å². The third kappa shape index (κ3) is 5.18. The summed E-state index contributed by atoms with van der Waals surface area (Å²) in [7, 11) is 1.26. The molecule has 0 aliphatic heterocycles. The number of primary amides is 1. The lowest BCUT2D eigenvalue weighted by Crippen LogP contribution is -2.22. The molecule has 1 heterocycles. The maximum absolute atomic E-state index is 15.1. The zero-order valence-corrected chi connectivity index (χ0v) is 19.1. The Labute approximate surface area is 195 Å². The third-order valence-corrected chi connectivity index (χ3v) is 5.59. The largest absolute Gasteiger partial charge is 0.469 e. The Morgan fingerprint density at radius 1 is 1.12 bits per heavy atom. The van der Waals surface area contributed by atoms with Gasteiger partial charge < -0.3 is 15.6 Å². The number of halogens is 2. The molecule has 0 saturated carbocycles. The number of methoxy groups -OCH3 is 1. The average molecular weight is 472 g/mol. The Morgan fingerprint density at radius 2 is 1.82 bits per heavy atom. The first-order valence-electron chi connectivity index (χ1n) is 10.1. The molecule has 0 bridgehead atoms. The zero-order valence-electron chi connectivity index (χ0n) is 18.4. The van der Waals surface area contributed by atoms with Crippen molar-refractivity contribution in [1.29, 1.82) is 0 Å². The van der Waals surface area contributed by atoms with Gasteiger partial charge in [-0.25, -0.2) is 9.37 Å². The number of aliphatic hydroxyl groups excluding tert-OH is 1. The highest BCUT2D eigenvalue weighted by atomic mass is 35.5. The lowest BCUT2D eigenvalue weighted by Gasteiger charge is -2.14. The number of benzene rings is 2. The fraction of sp³-hybridized carbons (Fsp3) is 0.250. The fourth-order valence-corrected chi connectivity index (χ4v) is 3.90. The van der Waals surface area contributed by atoms with Gasteiger partial charge in [-0.15, -0.1) is 0 Å². The summed E-state index contributed by atoms with van der Waals surface area (Å²) < 4.78 is 19.8. The molecule has 3 aromatic rings. The molecule has 1 atom stereocenters. The summed E-state index contributed by atoms with van der Waals surface area (Å²) in [6.45, 7) is 2.99. The number of aliphatic hydroxyl groups is 1. The minimum absolute atomic E-state index is 0.0341. The first kappa shape index (κ1) is 24.3. The number of ether oxygens (including phenoxy) is 1. The van der Waals surface area contributed by atoms with Crippen LogP contribution in [0, 0.1) is 25.6 Å². The van der Waals surface area contributed by atoms with Gasteiger partial charge in [0.15, 0.2) is 0 Å². The molecule has 1 unspecified atom stereocenters. The van der Waals surface area contributed by atoms with E-state index in [1.54, 1.807) is 44.2 Å². The summed E-state index contributed by atoms with van der Waals surface area (Å²) in [4.78, 5) is 31.9. The van der Waals surface area contributed by atoms with Crippen molar-refractivity contribution in [2.75, 3.05) is 13.7 Å². The molecule has 7 nitrogen and oxygen atoms in total. The van der Waals surface area contributed by atoms with Crippen LogP contribution in [0.15, 0.2) is 36.4 Å². The van der Waals surface area contributed by atoms with E-state index in [2.05, 4.69) is 14.7 Å². The van der Waals surface area contributed by atoms with Crippen LogP contribution in [0.1, 0.15) is 27.4 Å². The van der Waals surface area contributed by atoms with Crippen LogP contribution in [0.5, 0.6) is 0 Å². The van der Waals surface area contributed by atoms with Gasteiger partial charge in [-0.2, -0.15) is 0 Å². The minimum atomic E-state index is -0.711. The summed E-state index contributed by atoms with van der Waals surface area (Å²) >= 11 is 6.41. The summed E-state index contributed by atoms with van der Waals surface area (Å²) in [5.41, 5.74) is 8.59. The number of carbonyl (C=O) groups is 2. The van der Waals surface area contributed by atoms with E-state index in [9.17, 15) is 14.7 Å². The SMILES string of the molecule is COC(=O)C(CO)Cc1ccc(-c2ccc(-c3nc(C(N)=O)c(C)nc3C)cc2F)c(Cl)c1. The number of hydrogen-bond acceptors (Lipinski definition) is 6. The Balaban J connectivity index is 1.94. The molecule has 3 N–H and O–H groups in total. The molecule has 0 aliphatic carbocycles. The maximum atomic E-state index is 15.1. The van der Waals surface area contributed by atoms with E-state index < -0.39 is 23.6 Å². The number of rotatable bonds is 7. The lowest BCUT2D eigenvalue weighted by atomic mass is 9.96. The fourth-order valence-electron chi connectivity index (χ4n) is 3.60. The third-order valence-electron chi connectivity index (χ3n) is 5.28. The van der Waals surface area contributed by atoms with E-state index in [0.717, 1.165) is 0 Å². The van der Waals surface area contributed by atoms with Gasteiger partial charge in [-0.1, -0.05) is 35.9 Å². The molecule has 0 spiro atoms. The van der Waals surface area contributed by atoms with Crippen molar-refractivity contribution in [3.8, 4) is 22.4 Å². The second-order valence-corrected chi connectivity index (χ2v) is 7.98. The van der Waals surface area contributed by atoms with Crippen LogP contribution >= 0.6 is 11.6 Å². The number of hydrogen-bond donors (Lipinski definition) is 2. The Morgan fingerprint density at radius 3 is 2.39 bits per heavy atom. The molecule has 9 heteroatoms. The number of aromatic nitrogens is 2. The van der Waals surface area contributed by atoms with Crippen LogP contribution < -0.4 is 5.73 Å². The first-order valence-corrected chi connectivity index (χ1v) is 10.5. The molecule has 0 aliphatic rings. The van der Waals surface area contributed by atoms with E-state index in [0.29, 0.717) is 38.8 Å². The van der Waals surface area contributed by atoms with E-state index in [-0.39, 0.29) is 24.3 Å². The monoisotopic (exact) mass is 471 g/mol. The smallest absolute Gasteiger partial charge is 0.311 e. The number of aryl methyl sites for hydroxylation is 2. The normalized spacial score (nSPS) is 11.8. The van der Waals surface area contributed by atoms with Crippen molar-refractivity contribution in [2.45, 2.75) is 20.3 Å². The van der Waals surface area contributed by atoms with Crippen molar-refractivity contribution >= 4 is 23.5 Å². The van der Waals surface area contributed by atoms with E-state index in [1.807, 2.05) is 0 Å². The Bertz CT molecular complexity index is 1230. The van der Waals surface area contributed by atoms with Crippen molar-refractivity contribution in [2.24, 2.45) is 11.7 Å². The Hall–Kier alpha value is -3.36. The molecule has 0 radical (unpaired) electrons. The molecule has 172 valence electrons. The second-order valence-electron chi connectivity index (χ2n) is 7.57. The van der Waals surface area contributed by atoms with Gasteiger partial charge in [0.2, 0.25) is 0 Å². The van der Waals surface area contributed by atoms with E-state index in [4.69, 9.17) is 17.3 Å². The van der Waals surface area contributed by atoms with Crippen LogP contribution in [-0.4, -0.2) is 40.7 Å². The van der Waals surface area contributed by atoms with E-state index >= 15 is 4.39 Å². The number of nitrogens with two attached hydrogens (primary N) is 1. The summed E-state index contributed by atoms with van der Waals surface area (Å²) in [6.07, 6.45) is 0.234. The molecule has 33 heavy (non-hydrogen) atoms. The molecule has 1 aromatic heterocycles. The molecule has 1 amide bonds. The second kappa shape index (κ2) is 10.1. The predicted octanol–water partition coefficient (Wildman–Crippen LogP) is 3.64. The highest BCUT2D eigenvalue weighted by Crippen LogP contribution is 2.34. The molecule has 0 saturated heterocycles. The molecular weight excluding hydrogens is 449 g/mol. The van der Waals surface area contributed by atoms with E-state index in [1.165, 1.54) is 13.2 Å². The number of nitrogens with zero attached hydrogens (tertiary/aromatic N) is 2. The van der Waals surface area contributed by atoms with Gasteiger partial charge in [0.1, 0.15) is 11.5 Å². The van der Waals surface area contributed by atoms with Gasteiger partial charge >= 0.3 is 5.97 Å². The van der Waals surface area contributed by atoms with Gasteiger partial charge in [0.25, 0.3) is 5.91 Å². The van der Waals surface area contributed by atoms with Crippen molar-refractivity contribution in [3.05, 3.63) is 69.9 Å². The average Bonchev–Trinajstić information content (AvgIpc) is 2.77. The maximum Gasteiger partial charge on any atom is 0.311 e. The Kier molecular flexibility index (Phi) is 7.40. The quantitative estimate of drug-likeness (QED) is 0.508. The molecule has 3 rings (SSSR count). The standard InChI is InChI=1S/C24H23ClFN3O4/c1-12-21(29-22(23(27)31)13(2)28-12)15-5-7-18(20(26)10-15)17-6-4-14(9-19(17)25)8-16(11-30)24(32)33-3/h4-7,9-10,16,30H,8,11H2,1-3H3,(H2,27,31). The summed E-state index contributed by atoms with van der Waals surface area (Å²) in [5.74, 6) is -2.47. The van der Waals surface area contributed by atoms with Gasteiger partial charge in [0.05, 0.1) is 36.7 Å². The minimum Gasteiger partial charge on any atom is -0.469 e. The van der Waals surface area contributed by atoms with Crippen molar-refractivity contribution in [1.82, 2.24) is 9.97 Å². The first-order chi connectivity index (χ1) is 15.7. The van der Waals surface area contributed by atoms with Crippen LogP contribution in [0.4, 0.5) is 4.39 Å². The molecular formula is C24H23ClFN3O4. The van der Waals surface area contributed by atoms with Crippen molar-refractivity contribution < 1.29 is 23.8 Å². The lowest BCUT2D eigenvalue weighted by molar-refractivity contribution is -0.146. The van der Waals surface area contributed by atoms with Crippen LogP contribution in [0.2, 0.25) is 5.02 Å². The topological polar surface area (TPSA) is 115 Å². The zero-order chi connectivity index (χ0) is 24.3. The highest BCUT2D eigenvalue weighted by molar-refractivity contribution is 6.33. The summed E-state index contributed by atoms with van der Waals surface area (Å²) in [6, 6.07) is 9.54. The number of esters is 1. The highest BCUT2D eigenvalue weighted by Gasteiger charge is 2.20. The van der Waals surface area contributed by atoms with Crippen molar-refractivity contribution in [3.63, 3.8) is 0 Å². The predicted molar refractivity (Wildman–Crippen MR) is 122 cm³/mol. The van der Waals surface area contributed by atoms with Crippen LogP contribution in [0.25, 0.3) is 22.4 Å². The van der Waals surface area contributed by atoms with Gasteiger partial charge in [0, 0.05) is 21.7 Å². The molecule has 0 fully saturated rings. The van der Waals surface area contributed by atoms with Gasteiger partial charge in [-0.3, -0.25) is 14.6 Å².